The smallest absolute Gasteiger partial charge is 0.411 e. The van der Waals surface area contributed by atoms with E-state index in [9.17, 15) is 14.0 Å². The zero-order valence-electron chi connectivity index (χ0n) is 14.2. The molecular weight excluding hydrogens is 349 g/mol. The highest BCUT2D eigenvalue weighted by molar-refractivity contribution is 6.19. The molecule has 5 nitrogen and oxygen atoms in total. The van der Waals surface area contributed by atoms with E-state index in [0.717, 1.165) is 12.0 Å². The molecule has 25 heavy (non-hydrogen) atoms. The maximum atomic E-state index is 13.3. The fourth-order valence-electron chi connectivity index (χ4n) is 4.20. The molecule has 0 radical (unpaired) electrons. The Morgan fingerprint density at radius 1 is 1.28 bits per heavy atom. The molecule has 7 heteroatoms. The number of piperidine rings is 1. The van der Waals surface area contributed by atoms with Crippen molar-refractivity contribution in [2.75, 3.05) is 7.11 Å². The van der Waals surface area contributed by atoms with Gasteiger partial charge < -0.3 is 14.4 Å². The zero-order chi connectivity index (χ0) is 18.1. The second-order valence-corrected chi connectivity index (χ2v) is 7.19. The number of carbonyl (C=O) groups excluding carboxylic acids is 2. The molecule has 1 unspecified atom stereocenters. The third kappa shape index (κ3) is 3.45. The van der Waals surface area contributed by atoms with E-state index in [1.54, 1.807) is 24.0 Å². The van der Waals surface area contributed by atoms with Crippen molar-refractivity contribution in [1.29, 1.82) is 0 Å². The Bertz CT molecular complexity index is 651. The number of hydrogen-bond acceptors (Lipinski definition) is 4. The van der Waals surface area contributed by atoms with Crippen LogP contribution in [-0.4, -0.2) is 41.7 Å². The lowest BCUT2D eigenvalue weighted by Gasteiger charge is -2.43. The van der Waals surface area contributed by atoms with Crippen molar-refractivity contribution in [3.63, 3.8) is 0 Å². The number of nitrogens with zero attached hydrogens (tertiary/aromatic N) is 1. The number of methoxy groups -OCH3 is 1. The number of amides is 1. The summed E-state index contributed by atoms with van der Waals surface area (Å²) in [5, 5.41) is 0. The molecule has 2 heterocycles. The first-order valence-electron chi connectivity index (χ1n) is 8.38. The van der Waals surface area contributed by atoms with E-state index in [1.165, 1.54) is 19.2 Å². The minimum atomic E-state index is -0.738. The van der Waals surface area contributed by atoms with Gasteiger partial charge in [0.2, 0.25) is 0 Å². The Hall–Kier alpha value is -1.82. The number of carbonyl (C=O) groups is 2. The van der Waals surface area contributed by atoms with Gasteiger partial charge in [-0.3, -0.25) is 4.79 Å². The van der Waals surface area contributed by atoms with Gasteiger partial charge in [-0.15, -0.1) is 0 Å². The van der Waals surface area contributed by atoms with Gasteiger partial charge in [0.25, 0.3) is 0 Å². The summed E-state index contributed by atoms with van der Waals surface area (Å²) in [5.41, 5.74) is 0.144. The Labute approximate surface area is 151 Å². The number of esters is 1. The van der Waals surface area contributed by atoms with Crippen molar-refractivity contribution in [3.8, 4) is 0 Å². The molecule has 136 valence electrons. The maximum absolute atomic E-state index is 13.3. The van der Waals surface area contributed by atoms with E-state index in [2.05, 4.69) is 0 Å². The van der Waals surface area contributed by atoms with E-state index in [4.69, 9.17) is 21.1 Å². The molecule has 3 rings (SSSR count). The van der Waals surface area contributed by atoms with Crippen LogP contribution < -0.4 is 0 Å². The number of hydrogen-bond donors (Lipinski definition) is 0. The van der Waals surface area contributed by atoms with Crippen molar-refractivity contribution in [2.45, 2.75) is 49.8 Å². The first-order chi connectivity index (χ1) is 11.9. The highest BCUT2D eigenvalue weighted by Gasteiger charge is 2.53. The van der Waals surface area contributed by atoms with Gasteiger partial charge in [-0.2, -0.15) is 0 Å². The van der Waals surface area contributed by atoms with Gasteiger partial charge in [0, 0.05) is 18.0 Å². The molecule has 0 aliphatic carbocycles. The highest BCUT2D eigenvalue weighted by atomic mass is 35.5. The van der Waals surface area contributed by atoms with Gasteiger partial charge in [0.1, 0.15) is 5.82 Å². The molecule has 2 aliphatic rings. The maximum Gasteiger partial charge on any atom is 0.411 e. The van der Waals surface area contributed by atoms with Gasteiger partial charge in [-0.1, -0.05) is 23.7 Å². The summed E-state index contributed by atoms with van der Waals surface area (Å²) in [7, 11) is 1.34. The van der Waals surface area contributed by atoms with Crippen LogP contribution in [0.4, 0.5) is 9.18 Å². The minimum absolute atomic E-state index is 0.0242. The Balaban J connectivity index is 1.92. The molecule has 0 N–H and O–H groups in total. The molecule has 2 bridgehead atoms. The second-order valence-electron chi connectivity index (χ2n) is 6.58. The second kappa shape index (κ2) is 7.20. The quantitative estimate of drug-likeness (QED) is 0.602. The van der Waals surface area contributed by atoms with Gasteiger partial charge in [-0.25, -0.2) is 9.18 Å². The standard InChI is InChI=1S/C18H21ClFNO4/c1-10(19)25-18(23)21-13-7-8-15(21)16(17(22)24-2)14(9-13)11-3-5-12(20)6-4-11/h3-6,10,13-16H,7-9H2,1-2H3/t10?,13-,14+,15+,16-/m0/s1. The van der Waals surface area contributed by atoms with Crippen LogP contribution in [0.25, 0.3) is 0 Å². The topological polar surface area (TPSA) is 55.8 Å². The molecule has 0 saturated carbocycles. The number of halogens is 2. The summed E-state index contributed by atoms with van der Waals surface area (Å²) < 4.78 is 23.4. The number of alkyl halides is 1. The number of rotatable bonds is 3. The molecule has 2 fully saturated rings. The lowest BCUT2D eigenvalue weighted by molar-refractivity contribution is -0.150. The van der Waals surface area contributed by atoms with Crippen molar-refractivity contribution in [3.05, 3.63) is 35.6 Å². The predicted octanol–water partition coefficient (Wildman–Crippen LogP) is 3.66. The van der Waals surface area contributed by atoms with Gasteiger partial charge in [-0.05, 0) is 43.9 Å². The van der Waals surface area contributed by atoms with Crippen LogP contribution in [0.5, 0.6) is 0 Å². The Morgan fingerprint density at radius 3 is 2.56 bits per heavy atom. The normalized spacial score (nSPS) is 29.2. The third-order valence-corrected chi connectivity index (χ3v) is 5.26. The number of benzene rings is 1. The molecule has 2 saturated heterocycles. The van der Waals surface area contributed by atoms with Crippen LogP contribution in [0.2, 0.25) is 0 Å². The van der Waals surface area contributed by atoms with Crippen LogP contribution in [0.15, 0.2) is 24.3 Å². The Morgan fingerprint density at radius 2 is 1.96 bits per heavy atom. The molecule has 0 spiro atoms. The van der Waals surface area contributed by atoms with Gasteiger partial charge >= 0.3 is 12.1 Å². The molecule has 1 aromatic rings. The van der Waals surface area contributed by atoms with Crippen molar-refractivity contribution >= 4 is 23.7 Å². The monoisotopic (exact) mass is 369 g/mol. The van der Waals surface area contributed by atoms with Crippen LogP contribution in [0.1, 0.15) is 37.7 Å². The summed E-state index contributed by atoms with van der Waals surface area (Å²) in [4.78, 5) is 26.6. The SMILES string of the molecule is COC(=O)[C@H]1[C@@H](c2ccc(F)cc2)C[C@@H]2CC[C@H]1N2C(=O)OC(C)Cl. The van der Waals surface area contributed by atoms with Crippen LogP contribution in [0.3, 0.4) is 0 Å². The number of fused-ring (bicyclic) bond motifs is 2. The number of ether oxygens (including phenoxy) is 2. The van der Waals surface area contributed by atoms with Crippen molar-refractivity contribution in [2.24, 2.45) is 5.92 Å². The summed E-state index contributed by atoms with van der Waals surface area (Å²) in [6.07, 6.45) is 1.60. The molecule has 1 amide bonds. The van der Waals surface area contributed by atoms with E-state index >= 15 is 0 Å². The average molecular weight is 370 g/mol. The van der Waals surface area contributed by atoms with Crippen LogP contribution in [-0.2, 0) is 14.3 Å². The van der Waals surface area contributed by atoms with Crippen molar-refractivity contribution < 1.29 is 23.5 Å². The Kier molecular flexibility index (Phi) is 5.18. The predicted molar refractivity (Wildman–Crippen MR) is 89.7 cm³/mol. The zero-order valence-corrected chi connectivity index (χ0v) is 14.9. The third-order valence-electron chi connectivity index (χ3n) is 5.17. The molecule has 1 aromatic carbocycles. The van der Waals surface area contributed by atoms with E-state index < -0.39 is 17.6 Å². The first-order valence-corrected chi connectivity index (χ1v) is 8.82. The summed E-state index contributed by atoms with van der Waals surface area (Å²) in [6, 6.07) is 5.85. The minimum Gasteiger partial charge on any atom is -0.469 e. The van der Waals surface area contributed by atoms with Crippen LogP contribution >= 0.6 is 11.6 Å². The summed E-state index contributed by atoms with van der Waals surface area (Å²) >= 11 is 5.78. The van der Waals surface area contributed by atoms with Gasteiger partial charge in [0.05, 0.1) is 13.0 Å². The molecular formula is C18H21ClFNO4. The fourth-order valence-corrected chi connectivity index (χ4v) is 4.28. The lowest BCUT2D eigenvalue weighted by atomic mass is 9.76. The van der Waals surface area contributed by atoms with Crippen molar-refractivity contribution in [1.82, 2.24) is 4.90 Å². The molecule has 5 atom stereocenters. The molecule has 0 aromatic heterocycles. The van der Waals surface area contributed by atoms with E-state index in [-0.39, 0.29) is 29.8 Å². The summed E-state index contributed by atoms with van der Waals surface area (Å²) in [6.45, 7) is 1.57. The van der Waals surface area contributed by atoms with E-state index in [1.807, 2.05) is 0 Å². The largest absolute Gasteiger partial charge is 0.469 e. The first kappa shape index (κ1) is 18.0. The van der Waals surface area contributed by atoms with E-state index in [0.29, 0.717) is 12.8 Å². The lowest BCUT2D eigenvalue weighted by Crippen LogP contribution is -2.53. The van der Waals surface area contributed by atoms with Gasteiger partial charge in [0.15, 0.2) is 5.56 Å². The highest BCUT2D eigenvalue weighted by Crippen LogP contribution is 2.47. The average Bonchev–Trinajstić information content (AvgIpc) is 2.88. The summed E-state index contributed by atoms with van der Waals surface area (Å²) in [5.74, 6) is -1.31. The fraction of sp³-hybridized carbons (Fsp3) is 0.556. The van der Waals surface area contributed by atoms with Crippen LogP contribution in [0, 0.1) is 11.7 Å². The molecule has 2 aliphatic heterocycles.